The minimum absolute atomic E-state index is 0.261. The predicted octanol–water partition coefficient (Wildman–Crippen LogP) is -0.854. The second-order valence-electron chi connectivity index (χ2n) is 3.81. The summed E-state index contributed by atoms with van der Waals surface area (Å²) in [6.07, 6.45) is 0. The Labute approximate surface area is 114 Å². The number of nitrogens with one attached hydrogen (secondary N) is 1. The third kappa shape index (κ3) is 12.1. The third-order valence-electron chi connectivity index (χ3n) is 2.25. The number of likely N-dealkylation sites (N-methyl/N-ethyl adjacent to an activating group) is 1. The van der Waals surface area contributed by atoms with Gasteiger partial charge in [-0.3, -0.25) is 4.79 Å². The van der Waals surface area contributed by atoms with Gasteiger partial charge in [0.2, 0.25) is 5.91 Å². The zero-order valence-electron chi connectivity index (χ0n) is 11.9. The van der Waals surface area contributed by atoms with Crippen LogP contribution in [0.15, 0.2) is 0 Å². The van der Waals surface area contributed by atoms with Gasteiger partial charge in [-0.15, -0.1) is 0 Å². The average Bonchev–Trinajstić information content (AvgIpc) is 2.39. The lowest BCUT2D eigenvalue weighted by Crippen LogP contribution is -2.44. The van der Waals surface area contributed by atoms with Crippen molar-refractivity contribution >= 4 is 5.91 Å². The topological polar surface area (TPSA) is 92.0 Å². The molecular formula is C12H26N2O5. The van der Waals surface area contributed by atoms with E-state index in [2.05, 4.69) is 5.32 Å². The summed E-state index contributed by atoms with van der Waals surface area (Å²) >= 11 is 0. The Kier molecular flexibility index (Phi) is 13.2. The summed E-state index contributed by atoms with van der Waals surface area (Å²) in [7, 11) is 1.63. The Hall–Kier alpha value is -0.730. The fourth-order valence-electron chi connectivity index (χ4n) is 1.27. The summed E-state index contributed by atoms with van der Waals surface area (Å²) in [5, 5.41) is 2.94. The molecule has 0 saturated heterocycles. The van der Waals surface area contributed by atoms with Gasteiger partial charge in [-0.05, 0) is 6.54 Å². The van der Waals surface area contributed by atoms with Gasteiger partial charge in [-0.25, -0.2) is 0 Å². The largest absolute Gasteiger partial charge is 0.382 e. The van der Waals surface area contributed by atoms with Crippen molar-refractivity contribution in [3.63, 3.8) is 0 Å². The molecule has 0 fully saturated rings. The molecule has 3 N–H and O–H groups in total. The van der Waals surface area contributed by atoms with E-state index in [1.54, 1.807) is 7.11 Å². The molecule has 0 aromatic rings. The lowest BCUT2D eigenvalue weighted by molar-refractivity contribution is -0.121. The van der Waals surface area contributed by atoms with Crippen LogP contribution in [0.5, 0.6) is 0 Å². The van der Waals surface area contributed by atoms with Gasteiger partial charge < -0.3 is 30.0 Å². The standard InChI is InChI=1S/C12H26N2O5/c1-3-14-11(12(13)15)10-19-9-8-18-7-6-17-5-4-16-2/h11,14H,3-10H2,1-2H3,(H2,13,15). The molecule has 0 heterocycles. The van der Waals surface area contributed by atoms with E-state index < -0.39 is 11.9 Å². The molecule has 114 valence electrons. The molecule has 0 aromatic carbocycles. The van der Waals surface area contributed by atoms with Crippen LogP contribution in [-0.2, 0) is 23.7 Å². The van der Waals surface area contributed by atoms with Gasteiger partial charge in [-0.1, -0.05) is 6.92 Å². The van der Waals surface area contributed by atoms with Crippen molar-refractivity contribution in [2.24, 2.45) is 5.73 Å². The maximum absolute atomic E-state index is 11.0. The Morgan fingerprint density at radius 1 is 1.05 bits per heavy atom. The van der Waals surface area contributed by atoms with Crippen molar-refractivity contribution in [1.29, 1.82) is 0 Å². The minimum Gasteiger partial charge on any atom is -0.382 e. The number of methoxy groups -OCH3 is 1. The second-order valence-corrected chi connectivity index (χ2v) is 3.81. The van der Waals surface area contributed by atoms with Gasteiger partial charge in [0.15, 0.2) is 0 Å². The molecule has 1 atom stereocenters. The van der Waals surface area contributed by atoms with Crippen molar-refractivity contribution in [2.75, 3.05) is 59.9 Å². The van der Waals surface area contributed by atoms with E-state index in [4.69, 9.17) is 24.7 Å². The van der Waals surface area contributed by atoms with Crippen LogP contribution >= 0.6 is 0 Å². The summed E-state index contributed by atoms with van der Waals surface area (Å²) < 4.78 is 20.6. The molecule has 1 unspecified atom stereocenters. The van der Waals surface area contributed by atoms with E-state index in [1.807, 2.05) is 6.92 Å². The monoisotopic (exact) mass is 278 g/mol. The van der Waals surface area contributed by atoms with Gasteiger partial charge in [0, 0.05) is 7.11 Å². The highest BCUT2D eigenvalue weighted by atomic mass is 16.6. The average molecular weight is 278 g/mol. The molecular weight excluding hydrogens is 252 g/mol. The summed E-state index contributed by atoms with van der Waals surface area (Å²) in [4.78, 5) is 11.0. The van der Waals surface area contributed by atoms with E-state index in [9.17, 15) is 4.79 Å². The summed E-state index contributed by atoms with van der Waals surface area (Å²) in [5.41, 5.74) is 5.20. The van der Waals surface area contributed by atoms with E-state index in [0.29, 0.717) is 46.2 Å². The highest BCUT2D eigenvalue weighted by Gasteiger charge is 2.13. The van der Waals surface area contributed by atoms with E-state index in [1.165, 1.54) is 0 Å². The SMILES string of the molecule is CCNC(COCCOCCOCCOC)C(N)=O. The number of hydrogen-bond donors (Lipinski definition) is 2. The first-order chi connectivity index (χ1) is 9.22. The highest BCUT2D eigenvalue weighted by molar-refractivity contribution is 5.79. The minimum atomic E-state index is -0.442. The first-order valence-corrected chi connectivity index (χ1v) is 6.47. The van der Waals surface area contributed by atoms with Crippen LogP contribution in [-0.4, -0.2) is 71.9 Å². The Bertz CT molecular complexity index is 216. The lowest BCUT2D eigenvalue weighted by Gasteiger charge is -2.14. The first-order valence-electron chi connectivity index (χ1n) is 6.47. The van der Waals surface area contributed by atoms with Crippen LogP contribution in [0.2, 0.25) is 0 Å². The van der Waals surface area contributed by atoms with Crippen molar-refractivity contribution in [3.8, 4) is 0 Å². The fraction of sp³-hybridized carbons (Fsp3) is 0.917. The van der Waals surface area contributed by atoms with Gasteiger partial charge in [0.25, 0.3) is 0 Å². The molecule has 0 rings (SSSR count). The quantitative estimate of drug-likeness (QED) is 0.402. The number of rotatable bonds is 14. The molecule has 0 radical (unpaired) electrons. The molecule has 7 nitrogen and oxygen atoms in total. The van der Waals surface area contributed by atoms with Crippen LogP contribution in [0.4, 0.5) is 0 Å². The predicted molar refractivity (Wildman–Crippen MR) is 71.0 cm³/mol. The zero-order valence-corrected chi connectivity index (χ0v) is 11.9. The number of primary amides is 1. The maximum Gasteiger partial charge on any atom is 0.236 e. The number of carbonyl (C=O) groups excluding carboxylic acids is 1. The van der Waals surface area contributed by atoms with Crippen LogP contribution in [0.1, 0.15) is 6.92 Å². The van der Waals surface area contributed by atoms with Crippen molar-refractivity contribution < 1.29 is 23.7 Å². The van der Waals surface area contributed by atoms with E-state index in [-0.39, 0.29) is 6.61 Å². The third-order valence-corrected chi connectivity index (χ3v) is 2.25. The maximum atomic E-state index is 11.0. The smallest absolute Gasteiger partial charge is 0.236 e. The molecule has 0 aliphatic heterocycles. The molecule has 19 heavy (non-hydrogen) atoms. The number of hydrogen-bond acceptors (Lipinski definition) is 6. The number of nitrogens with two attached hydrogens (primary N) is 1. The van der Waals surface area contributed by atoms with Gasteiger partial charge in [0.05, 0.1) is 46.2 Å². The summed E-state index contributed by atoms with van der Waals surface area (Å²) in [6.45, 7) is 5.93. The summed E-state index contributed by atoms with van der Waals surface area (Å²) in [5.74, 6) is -0.408. The van der Waals surface area contributed by atoms with Crippen LogP contribution in [0.3, 0.4) is 0 Å². The fourth-order valence-corrected chi connectivity index (χ4v) is 1.27. The van der Waals surface area contributed by atoms with Crippen LogP contribution in [0.25, 0.3) is 0 Å². The van der Waals surface area contributed by atoms with Crippen LogP contribution < -0.4 is 11.1 Å². The van der Waals surface area contributed by atoms with Crippen molar-refractivity contribution in [1.82, 2.24) is 5.32 Å². The number of carbonyl (C=O) groups is 1. The number of amides is 1. The molecule has 1 amide bonds. The van der Waals surface area contributed by atoms with Crippen molar-refractivity contribution in [2.45, 2.75) is 13.0 Å². The van der Waals surface area contributed by atoms with E-state index in [0.717, 1.165) is 0 Å². The first kappa shape index (κ1) is 18.3. The summed E-state index contributed by atoms with van der Waals surface area (Å²) in [6, 6.07) is -0.442. The Morgan fingerprint density at radius 2 is 1.58 bits per heavy atom. The van der Waals surface area contributed by atoms with Crippen LogP contribution in [0, 0.1) is 0 Å². The normalized spacial score (nSPS) is 12.5. The molecule has 0 spiro atoms. The molecule has 0 saturated carbocycles. The molecule has 0 bridgehead atoms. The van der Waals surface area contributed by atoms with Gasteiger partial charge >= 0.3 is 0 Å². The Balaban J connectivity index is 3.27. The zero-order chi connectivity index (χ0) is 14.3. The highest BCUT2D eigenvalue weighted by Crippen LogP contribution is 1.87. The molecule has 0 aliphatic carbocycles. The molecule has 0 aliphatic rings. The van der Waals surface area contributed by atoms with Gasteiger partial charge in [-0.2, -0.15) is 0 Å². The Morgan fingerprint density at radius 3 is 2.05 bits per heavy atom. The van der Waals surface area contributed by atoms with Gasteiger partial charge in [0.1, 0.15) is 6.04 Å². The second kappa shape index (κ2) is 13.7. The lowest BCUT2D eigenvalue weighted by atomic mass is 10.3. The van der Waals surface area contributed by atoms with E-state index >= 15 is 0 Å². The number of ether oxygens (including phenoxy) is 4. The molecule has 7 heteroatoms. The van der Waals surface area contributed by atoms with Crippen molar-refractivity contribution in [3.05, 3.63) is 0 Å². The molecule has 0 aromatic heterocycles.